The van der Waals surface area contributed by atoms with Gasteiger partial charge >= 0.3 is 12.1 Å². The van der Waals surface area contributed by atoms with Gasteiger partial charge in [-0.15, -0.1) is 0 Å². The highest BCUT2D eigenvalue weighted by Crippen LogP contribution is 2.66. The number of carbonyl (C=O) groups is 1. The topological polar surface area (TPSA) is 37.3 Å². The first-order chi connectivity index (χ1) is 13.1. The summed E-state index contributed by atoms with van der Waals surface area (Å²) in [5, 5.41) is 9.69. The number of fused-ring (bicyclic) bond motifs is 4. The number of aliphatic hydroxyl groups is 1. The Kier molecular flexibility index (Phi) is 4.76. The van der Waals surface area contributed by atoms with Crippen molar-refractivity contribution >= 4 is 5.78 Å². The summed E-state index contributed by atoms with van der Waals surface area (Å²) in [6, 6.07) is 0. The summed E-state index contributed by atoms with van der Waals surface area (Å²) in [6.07, 6.45) is 0.807. The molecule has 4 atom stereocenters. The zero-order valence-electron chi connectivity index (χ0n) is 15.6. The van der Waals surface area contributed by atoms with Crippen molar-refractivity contribution in [2.75, 3.05) is 6.61 Å². The summed E-state index contributed by atoms with van der Waals surface area (Å²) in [5.41, 5.74) is 2.19. The Morgan fingerprint density at radius 2 is 1.82 bits per heavy atom. The molecule has 0 aromatic rings. The number of allylic oxidation sites excluding steroid dienone is 4. The summed E-state index contributed by atoms with van der Waals surface area (Å²) < 4.78 is 68.3. The van der Waals surface area contributed by atoms with Crippen LogP contribution >= 0.6 is 0 Å². The Labute approximate surface area is 160 Å². The molecule has 2 nitrogen and oxygen atoms in total. The molecule has 0 spiro atoms. The van der Waals surface area contributed by atoms with Crippen molar-refractivity contribution in [3.63, 3.8) is 0 Å². The lowest BCUT2D eigenvalue weighted by Crippen LogP contribution is -2.56. The number of halogens is 5. The Morgan fingerprint density at radius 1 is 1.07 bits per heavy atom. The van der Waals surface area contributed by atoms with Crippen LogP contribution in [-0.2, 0) is 4.79 Å². The van der Waals surface area contributed by atoms with Crippen LogP contribution in [0.5, 0.6) is 0 Å². The minimum Gasteiger partial charge on any atom is -0.396 e. The molecule has 0 amide bonds. The first-order valence-electron chi connectivity index (χ1n) is 10.1. The van der Waals surface area contributed by atoms with Gasteiger partial charge in [0.25, 0.3) is 0 Å². The van der Waals surface area contributed by atoms with E-state index in [4.69, 9.17) is 0 Å². The van der Waals surface area contributed by atoms with Gasteiger partial charge in [0, 0.05) is 6.42 Å². The predicted octanol–water partition coefficient (Wildman–Crippen LogP) is 5.37. The monoisotopic (exact) mass is 404 g/mol. The number of hydrogen-bond donors (Lipinski definition) is 1. The van der Waals surface area contributed by atoms with Gasteiger partial charge in [0.05, 0.1) is 12.5 Å². The van der Waals surface area contributed by atoms with Crippen molar-refractivity contribution in [1.29, 1.82) is 0 Å². The van der Waals surface area contributed by atoms with E-state index in [0.29, 0.717) is 51.4 Å². The molecule has 0 heterocycles. The molecule has 4 rings (SSSR count). The molecule has 0 aromatic heterocycles. The molecule has 2 fully saturated rings. The second-order valence-corrected chi connectivity index (χ2v) is 8.87. The Balaban J connectivity index is 1.73. The largest absolute Gasteiger partial charge is 0.453 e. The molecule has 28 heavy (non-hydrogen) atoms. The number of hydrogen-bond acceptors (Lipinski definition) is 2. The number of ketones is 1. The van der Waals surface area contributed by atoms with Crippen LogP contribution in [0.2, 0.25) is 0 Å². The van der Waals surface area contributed by atoms with Gasteiger partial charge in [0.1, 0.15) is 0 Å². The van der Waals surface area contributed by atoms with E-state index in [-0.39, 0.29) is 24.0 Å². The van der Waals surface area contributed by atoms with Crippen LogP contribution in [0.1, 0.15) is 57.8 Å². The van der Waals surface area contributed by atoms with Gasteiger partial charge in [0.15, 0.2) is 5.78 Å². The van der Waals surface area contributed by atoms with E-state index in [1.165, 1.54) is 5.57 Å². The lowest BCUT2D eigenvalue weighted by Gasteiger charge is -2.53. The van der Waals surface area contributed by atoms with Gasteiger partial charge in [-0.1, -0.05) is 12.0 Å². The molecular formula is C21H25F5O2. The van der Waals surface area contributed by atoms with Gasteiger partial charge < -0.3 is 5.11 Å². The molecule has 2 unspecified atom stereocenters. The molecule has 1 N–H and O–H groups in total. The van der Waals surface area contributed by atoms with E-state index in [1.807, 2.05) is 0 Å². The number of alkyl halides is 5. The average molecular weight is 404 g/mol. The fraction of sp³-hybridized carbons (Fsp3) is 0.762. The van der Waals surface area contributed by atoms with E-state index in [9.17, 15) is 31.9 Å². The van der Waals surface area contributed by atoms with Crippen LogP contribution in [0.3, 0.4) is 0 Å². The molecule has 4 aliphatic carbocycles. The van der Waals surface area contributed by atoms with Crippen LogP contribution in [-0.4, -0.2) is 29.6 Å². The number of rotatable bonds is 3. The lowest BCUT2D eigenvalue weighted by molar-refractivity contribution is -0.324. The van der Waals surface area contributed by atoms with Crippen LogP contribution < -0.4 is 0 Å². The quantitative estimate of drug-likeness (QED) is 0.643. The summed E-state index contributed by atoms with van der Waals surface area (Å²) in [4.78, 5) is 11.7. The molecule has 156 valence electrons. The van der Waals surface area contributed by atoms with Gasteiger partial charge in [-0.3, -0.25) is 4.79 Å². The van der Waals surface area contributed by atoms with Crippen LogP contribution in [0.15, 0.2) is 22.8 Å². The average Bonchev–Trinajstić information content (AvgIpc) is 3.05. The SMILES string of the molecule is O=C1C=C2CC[C@@H]3C(=C2CC1)CCC1(C(CO)C(F)(F)C(F)(F)F)CCC[C@@H]31. The molecular weight excluding hydrogens is 379 g/mol. The van der Waals surface area contributed by atoms with Gasteiger partial charge in [-0.05, 0) is 79.4 Å². The third kappa shape index (κ3) is 2.79. The molecule has 0 radical (unpaired) electrons. The van der Waals surface area contributed by atoms with Gasteiger partial charge in [0.2, 0.25) is 0 Å². The van der Waals surface area contributed by atoms with Crippen molar-refractivity contribution in [2.24, 2.45) is 23.2 Å². The van der Waals surface area contributed by atoms with Crippen LogP contribution in [0, 0.1) is 23.2 Å². The second kappa shape index (κ2) is 6.64. The van der Waals surface area contributed by atoms with Crippen molar-refractivity contribution in [1.82, 2.24) is 0 Å². The maximum atomic E-state index is 14.4. The number of carbonyl (C=O) groups excluding carboxylic acids is 1. The standard InChI is InChI=1S/C21H25F5O2/c22-20(23,21(24,25)26)18(11-27)19-8-1-2-17(19)16-5-3-12-10-13(28)4-6-14(12)15(16)7-9-19/h10,16-18,27H,1-9,11H2/t16-,17+,18?,19?/m1/s1. The van der Waals surface area contributed by atoms with Crippen molar-refractivity contribution in [2.45, 2.75) is 69.9 Å². The first-order valence-corrected chi connectivity index (χ1v) is 10.1. The molecule has 0 saturated heterocycles. The Morgan fingerprint density at radius 3 is 2.50 bits per heavy atom. The van der Waals surface area contributed by atoms with Gasteiger partial charge in [-0.25, -0.2) is 0 Å². The van der Waals surface area contributed by atoms with Crippen molar-refractivity contribution in [3.8, 4) is 0 Å². The van der Waals surface area contributed by atoms with E-state index in [1.54, 1.807) is 6.08 Å². The molecule has 0 bridgehead atoms. The maximum Gasteiger partial charge on any atom is 0.453 e. The summed E-state index contributed by atoms with van der Waals surface area (Å²) in [7, 11) is 0. The molecule has 0 aromatic carbocycles. The fourth-order valence-corrected chi connectivity index (χ4v) is 6.71. The Bertz CT molecular complexity index is 736. The predicted molar refractivity (Wildman–Crippen MR) is 92.7 cm³/mol. The zero-order valence-corrected chi connectivity index (χ0v) is 15.6. The van der Waals surface area contributed by atoms with E-state index in [2.05, 4.69) is 0 Å². The zero-order chi connectivity index (χ0) is 20.3. The smallest absolute Gasteiger partial charge is 0.396 e. The van der Waals surface area contributed by atoms with Crippen LogP contribution in [0.4, 0.5) is 22.0 Å². The number of aliphatic hydroxyl groups excluding tert-OH is 1. The molecule has 7 heteroatoms. The highest BCUT2D eigenvalue weighted by Gasteiger charge is 2.69. The van der Waals surface area contributed by atoms with Crippen LogP contribution in [0.25, 0.3) is 0 Å². The van der Waals surface area contributed by atoms with E-state index in [0.717, 1.165) is 11.1 Å². The van der Waals surface area contributed by atoms with E-state index >= 15 is 0 Å². The van der Waals surface area contributed by atoms with Crippen molar-refractivity contribution < 1.29 is 31.9 Å². The highest BCUT2D eigenvalue weighted by molar-refractivity contribution is 5.93. The summed E-state index contributed by atoms with van der Waals surface area (Å²) in [5.74, 6) is -7.15. The molecule has 4 aliphatic rings. The molecule has 0 aliphatic heterocycles. The third-order valence-corrected chi connectivity index (χ3v) is 7.84. The maximum absolute atomic E-state index is 14.4. The first kappa shape index (κ1) is 20.0. The van der Waals surface area contributed by atoms with E-state index < -0.39 is 30.0 Å². The van der Waals surface area contributed by atoms with Crippen molar-refractivity contribution in [3.05, 3.63) is 22.8 Å². The fourth-order valence-electron chi connectivity index (χ4n) is 6.71. The lowest BCUT2D eigenvalue weighted by atomic mass is 9.52. The molecule has 2 saturated carbocycles. The summed E-state index contributed by atoms with van der Waals surface area (Å²) >= 11 is 0. The summed E-state index contributed by atoms with van der Waals surface area (Å²) in [6.45, 7) is -1.15. The second-order valence-electron chi connectivity index (χ2n) is 8.87. The Hall–Kier alpha value is -1.24. The highest BCUT2D eigenvalue weighted by atomic mass is 19.4. The van der Waals surface area contributed by atoms with Gasteiger partial charge in [-0.2, -0.15) is 22.0 Å². The normalized spacial score (nSPS) is 34.5. The minimum atomic E-state index is -5.66. The minimum absolute atomic E-state index is 0.00492. The third-order valence-electron chi connectivity index (χ3n) is 7.84.